The van der Waals surface area contributed by atoms with Gasteiger partial charge < -0.3 is 15.1 Å². The molecular weight excluding hydrogens is 362 g/mol. The number of rotatable bonds is 6. The molecule has 5 nitrogen and oxygen atoms in total. The van der Waals surface area contributed by atoms with Gasteiger partial charge >= 0.3 is 0 Å². The van der Waals surface area contributed by atoms with Crippen LogP contribution >= 0.6 is 0 Å². The molecule has 1 N–H and O–H groups in total. The fourth-order valence-corrected chi connectivity index (χ4v) is 4.02. The SMILES string of the molecule is CCc1cccc(CC)c1CC(=O)N1CCN(c2ccc(C(=O)NC)cc2)CC1. The van der Waals surface area contributed by atoms with Gasteiger partial charge in [0.2, 0.25) is 5.91 Å². The number of piperazine rings is 1. The summed E-state index contributed by atoms with van der Waals surface area (Å²) >= 11 is 0. The number of nitrogens with zero attached hydrogens (tertiary/aromatic N) is 2. The highest BCUT2D eigenvalue weighted by atomic mass is 16.2. The Morgan fingerprint density at radius 3 is 2.00 bits per heavy atom. The first kappa shape index (κ1) is 20.9. The zero-order valence-corrected chi connectivity index (χ0v) is 17.7. The van der Waals surface area contributed by atoms with Crippen LogP contribution in [0, 0.1) is 0 Å². The Bertz CT molecular complexity index is 831. The molecule has 0 radical (unpaired) electrons. The van der Waals surface area contributed by atoms with Gasteiger partial charge in [-0.15, -0.1) is 0 Å². The summed E-state index contributed by atoms with van der Waals surface area (Å²) in [5, 5.41) is 2.64. The van der Waals surface area contributed by atoms with Gasteiger partial charge in [0, 0.05) is 44.5 Å². The minimum Gasteiger partial charge on any atom is -0.368 e. The molecule has 0 spiro atoms. The van der Waals surface area contributed by atoms with Crippen molar-refractivity contribution in [3.63, 3.8) is 0 Å². The largest absolute Gasteiger partial charge is 0.368 e. The van der Waals surface area contributed by atoms with Crippen LogP contribution in [0.2, 0.25) is 0 Å². The highest BCUT2D eigenvalue weighted by molar-refractivity contribution is 5.94. The lowest BCUT2D eigenvalue weighted by Crippen LogP contribution is -2.49. The minimum atomic E-state index is -0.0780. The van der Waals surface area contributed by atoms with Crippen LogP contribution in [0.1, 0.15) is 40.9 Å². The number of hydrogen-bond donors (Lipinski definition) is 1. The molecule has 1 aliphatic rings. The number of benzene rings is 2. The molecule has 0 atom stereocenters. The van der Waals surface area contributed by atoms with Gasteiger partial charge in [-0.2, -0.15) is 0 Å². The molecule has 2 aromatic carbocycles. The molecule has 154 valence electrons. The van der Waals surface area contributed by atoms with Crippen LogP contribution in [0.4, 0.5) is 5.69 Å². The van der Waals surface area contributed by atoms with Crippen LogP contribution in [0.3, 0.4) is 0 Å². The van der Waals surface area contributed by atoms with Crippen LogP contribution in [0.25, 0.3) is 0 Å². The van der Waals surface area contributed by atoms with Crippen molar-refractivity contribution in [2.45, 2.75) is 33.1 Å². The van der Waals surface area contributed by atoms with E-state index in [1.54, 1.807) is 7.05 Å². The van der Waals surface area contributed by atoms with Crippen molar-refractivity contribution in [2.75, 3.05) is 38.1 Å². The summed E-state index contributed by atoms with van der Waals surface area (Å²) in [5.41, 5.74) is 5.54. The first-order valence-electron chi connectivity index (χ1n) is 10.5. The van der Waals surface area contributed by atoms with E-state index in [0.29, 0.717) is 12.0 Å². The van der Waals surface area contributed by atoms with Crippen molar-refractivity contribution in [1.82, 2.24) is 10.2 Å². The van der Waals surface area contributed by atoms with Gasteiger partial charge in [0.1, 0.15) is 0 Å². The van der Waals surface area contributed by atoms with E-state index in [1.165, 1.54) is 16.7 Å². The Labute approximate surface area is 173 Å². The smallest absolute Gasteiger partial charge is 0.251 e. The lowest BCUT2D eigenvalue weighted by molar-refractivity contribution is -0.130. The zero-order chi connectivity index (χ0) is 20.8. The van der Waals surface area contributed by atoms with E-state index in [4.69, 9.17) is 0 Å². The average molecular weight is 394 g/mol. The van der Waals surface area contributed by atoms with Crippen molar-refractivity contribution in [1.29, 1.82) is 0 Å². The van der Waals surface area contributed by atoms with Gasteiger partial charge in [0.25, 0.3) is 5.91 Å². The molecule has 2 amide bonds. The maximum absolute atomic E-state index is 13.0. The summed E-state index contributed by atoms with van der Waals surface area (Å²) in [7, 11) is 1.63. The third kappa shape index (κ3) is 4.78. The quantitative estimate of drug-likeness (QED) is 0.821. The van der Waals surface area contributed by atoms with Crippen molar-refractivity contribution in [3.05, 3.63) is 64.7 Å². The topological polar surface area (TPSA) is 52.7 Å². The Balaban J connectivity index is 1.61. The second kappa shape index (κ2) is 9.59. The van der Waals surface area contributed by atoms with Crippen molar-refractivity contribution >= 4 is 17.5 Å². The summed E-state index contributed by atoms with van der Waals surface area (Å²) in [6.07, 6.45) is 2.40. The fourth-order valence-electron chi connectivity index (χ4n) is 4.02. The molecule has 0 bridgehead atoms. The van der Waals surface area contributed by atoms with E-state index in [9.17, 15) is 9.59 Å². The third-order valence-electron chi connectivity index (χ3n) is 5.81. The van der Waals surface area contributed by atoms with Gasteiger partial charge in [0.05, 0.1) is 6.42 Å². The fraction of sp³-hybridized carbons (Fsp3) is 0.417. The maximum Gasteiger partial charge on any atom is 0.251 e. The zero-order valence-electron chi connectivity index (χ0n) is 17.7. The Morgan fingerprint density at radius 2 is 1.48 bits per heavy atom. The molecular formula is C24H31N3O2. The molecule has 3 rings (SSSR count). The number of aryl methyl sites for hydroxylation is 2. The van der Waals surface area contributed by atoms with Crippen molar-refractivity contribution in [3.8, 4) is 0 Å². The summed E-state index contributed by atoms with van der Waals surface area (Å²) in [6, 6.07) is 14.0. The Hall–Kier alpha value is -2.82. The molecule has 1 aliphatic heterocycles. The molecule has 0 aromatic heterocycles. The second-order valence-corrected chi connectivity index (χ2v) is 7.43. The van der Waals surface area contributed by atoms with Gasteiger partial charge in [0.15, 0.2) is 0 Å². The van der Waals surface area contributed by atoms with Gasteiger partial charge in [-0.1, -0.05) is 32.0 Å². The molecule has 2 aromatic rings. The summed E-state index contributed by atoms with van der Waals surface area (Å²) in [5.74, 6) is 0.140. The maximum atomic E-state index is 13.0. The monoisotopic (exact) mass is 393 g/mol. The third-order valence-corrected chi connectivity index (χ3v) is 5.81. The van der Waals surface area contributed by atoms with Crippen LogP contribution in [-0.2, 0) is 24.1 Å². The summed E-state index contributed by atoms with van der Waals surface area (Å²) in [4.78, 5) is 28.9. The van der Waals surface area contributed by atoms with Gasteiger partial charge in [-0.3, -0.25) is 9.59 Å². The van der Waals surface area contributed by atoms with Gasteiger partial charge in [-0.25, -0.2) is 0 Å². The molecule has 1 fully saturated rings. The normalized spacial score (nSPS) is 14.0. The minimum absolute atomic E-state index is 0.0780. The van der Waals surface area contributed by atoms with E-state index in [2.05, 4.69) is 42.3 Å². The van der Waals surface area contributed by atoms with E-state index in [-0.39, 0.29) is 11.8 Å². The predicted molar refractivity (Wildman–Crippen MR) is 118 cm³/mol. The molecule has 1 saturated heterocycles. The lowest BCUT2D eigenvalue weighted by Gasteiger charge is -2.36. The highest BCUT2D eigenvalue weighted by Gasteiger charge is 2.23. The van der Waals surface area contributed by atoms with E-state index in [1.807, 2.05) is 29.2 Å². The van der Waals surface area contributed by atoms with Crippen LogP contribution in [0.15, 0.2) is 42.5 Å². The molecule has 29 heavy (non-hydrogen) atoms. The Kier molecular flexibility index (Phi) is 6.91. The van der Waals surface area contributed by atoms with Crippen LogP contribution in [-0.4, -0.2) is 49.9 Å². The van der Waals surface area contributed by atoms with E-state index in [0.717, 1.165) is 44.7 Å². The number of nitrogens with one attached hydrogen (secondary N) is 1. The van der Waals surface area contributed by atoms with Crippen LogP contribution in [0.5, 0.6) is 0 Å². The number of amides is 2. The number of anilines is 1. The molecule has 0 unspecified atom stereocenters. The number of carbonyl (C=O) groups excluding carboxylic acids is 2. The standard InChI is InChI=1S/C24H31N3O2/c1-4-18-7-6-8-19(5-2)22(18)17-23(28)27-15-13-26(14-16-27)21-11-9-20(10-12-21)24(29)25-3/h6-12H,4-5,13-17H2,1-3H3,(H,25,29). The summed E-state index contributed by atoms with van der Waals surface area (Å²) < 4.78 is 0. The lowest BCUT2D eigenvalue weighted by atomic mass is 9.94. The first-order chi connectivity index (χ1) is 14.1. The first-order valence-corrected chi connectivity index (χ1v) is 10.5. The Morgan fingerprint density at radius 1 is 0.897 bits per heavy atom. The van der Waals surface area contributed by atoms with Crippen molar-refractivity contribution in [2.24, 2.45) is 0 Å². The highest BCUT2D eigenvalue weighted by Crippen LogP contribution is 2.20. The number of carbonyl (C=O) groups is 2. The second-order valence-electron chi connectivity index (χ2n) is 7.43. The van der Waals surface area contributed by atoms with E-state index < -0.39 is 0 Å². The van der Waals surface area contributed by atoms with Gasteiger partial charge in [-0.05, 0) is 53.8 Å². The van der Waals surface area contributed by atoms with Crippen molar-refractivity contribution < 1.29 is 9.59 Å². The molecule has 0 aliphatic carbocycles. The number of hydrogen-bond acceptors (Lipinski definition) is 3. The molecule has 0 saturated carbocycles. The predicted octanol–water partition coefficient (Wildman–Crippen LogP) is 3.06. The molecule has 5 heteroatoms. The average Bonchev–Trinajstić information content (AvgIpc) is 2.78. The van der Waals surface area contributed by atoms with Crippen LogP contribution < -0.4 is 10.2 Å². The summed E-state index contributed by atoms with van der Waals surface area (Å²) in [6.45, 7) is 7.37. The molecule has 1 heterocycles. The van der Waals surface area contributed by atoms with E-state index >= 15 is 0 Å².